The van der Waals surface area contributed by atoms with Crippen molar-refractivity contribution in [2.75, 3.05) is 98.2 Å². The van der Waals surface area contributed by atoms with E-state index in [9.17, 15) is 4.79 Å². The Morgan fingerprint density at radius 1 is 0.759 bits per heavy atom. The summed E-state index contributed by atoms with van der Waals surface area (Å²) in [5, 5.41) is 4.96. The minimum atomic E-state index is -2.02. The molecule has 0 atom stereocenters. The van der Waals surface area contributed by atoms with Crippen molar-refractivity contribution in [3.8, 4) is 11.1 Å². The van der Waals surface area contributed by atoms with Crippen LogP contribution < -0.4 is 0 Å². The Hall–Kier alpha value is -3.40. The number of benzene rings is 2. The Kier molecular flexibility index (Phi) is 21.2. The molecule has 1 amide bonds. The summed E-state index contributed by atoms with van der Waals surface area (Å²) >= 11 is 1.63. The largest absolute Gasteiger partial charge is 0.455 e. The van der Waals surface area contributed by atoms with Crippen LogP contribution in [0.2, 0.25) is 32.2 Å². The fourth-order valence-corrected chi connectivity index (χ4v) is 16.6. The third kappa shape index (κ3) is 17.4. The molecule has 1 aromatic heterocycles. The Labute approximate surface area is 349 Å². The van der Waals surface area contributed by atoms with Gasteiger partial charge in [0.15, 0.2) is 27.9 Å². The summed E-state index contributed by atoms with van der Waals surface area (Å²) in [5.41, 5.74) is 13.4. The van der Waals surface area contributed by atoms with E-state index >= 15 is 0 Å². The highest BCUT2D eigenvalue weighted by Gasteiger charge is 2.34. The molecule has 15 nitrogen and oxygen atoms in total. The number of carbonyl (C=O) groups is 1. The quantitative estimate of drug-likeness (QED) is 0.0122. The predicted molar refractivity (Wildman–Crippen MR) is 229 cm³/mol. The summed E-state index contributed by atoms with van der Waals surface area (Å²) in [6, 6.07) is 17.2. The lowest BCUT2D eigenvalue weighted by atomic mass is 10.1. The first-order chi connectivity index (χ1) is 28.1. The Bertz CT molecular complexity index is 1660. The summed E-state index contributed by atoms with van der Waals surface area (Å²) in [6.45, 7) is 15.5. The maximum atomic E-state index is 13.2. The summed E-state index contributed by atoms with van der Waals surface area (Å²) < 4.78 is 45.9. The third-order valence-corrected chi connectivity index (χ3v) is 18.7. The smallest absolute Gasteiger partial charge is 0.410 e. The molecule has 318 valence electrons. The molecule has 2 aromatic carbocycles. The lowest BCUT2D eigenvalue weighted by Gasteiger charge is -2.34. The molecule has 0 saturated heterocycles. The van der Waals surface area contributed by atoms with Crippen LogP contribution in [0.3, 0.4) is 0 Å². The number of amides is 1. The first kappa shape index (κ1) is 47.3. The zero-order valence-corrected chi connectivity index (χ0v) is 37.5. The van der Waals surface area contributed by atoms with Gasteiger partial charge >= 0.3 is 6.09 Å². The molecule has 0 N–H and O–H groups in total. The van der Waals surface area contributed by atoms with Crippen LogP contribution in [0.15, 0.2) is 71.2 Å². The number of fused-ring (bicyclic) bond motifs is 3. The highest BCUT2D eigenvalue weighted by atomic mass is 32.2. The van der Waals surface area contributed by atoms with Crippen molar-refractivity contribution >= 4 is 34.5 Å². The number of rotatable bonds is 30. The van der Waals surface area contributed by atoms with Crippen LogP contribution in [-0.4, -0.2) is 136 Å². The van der Waals surface area contributed by atoms with Crippen molar-refractivity contribution in [3.63, 3.8) is 0 Å². The zero-order chi connectivity index (χ0) is 41.5. The molecule has 1 aliphatic rings. The van der Waals surface area contributed by atoms with E-state index in [1.807, 2.05) is 55.8 Å². The van der Waals surface area contributed by atoms with E-state index in [0.29, 0.717) is 92.4 Å². The maximum Gasteiger partial charge on any atom is 0.410 e. The molecule has 0 bridgehead atoms. The predicted octanol–water partition coefficient (Wildman–Crippen LogP) is 7.67. The second-order valence-corrected chi connectivity index (χ2v) is 25.0. The third-order valence-electron chi connectivity index (χ3n) is 8.89. The number of thioether (sulfide) groups is 1. The van der Waals surface area contributed by atoms with E-state index in [4.69, 9.17) is 42.8 Å². The van der Waals surface area contributed by atoms with Gasteiger partial charge in [-0.2, -0.15) is 0 Å². The second-order valence-electron chi connectivity index (χ2n) is 14.8. The van der Waals surface area contributed by atoms with Crippen molar-refractivity contribution in [1.29, 1.82) is 0 Å². The first-order valence-electron chi connectivity index (χ1n) is 19.8. The van der Waals surface area contributed by atoms with Crippen molar-refractivity contribution in [3.05, 3.63) is 88.1 Å². The Morgan fingerprint density at radius 3 is 1.79 bits per heavy atom. The number of hydrogen-bond donors (Lipinski definition) is 0. The number of carbonyl (C=O) groups excluding carboxylic acids is 1. The molecule has 0 spiro atoms. The fraction of sp³-hybridized carbons (Fsp3) is 0.575. The monoisotopic (exact) mass is 856 g/mol. The van der Waals surface area contributed by atoms with Gasteiger partial charge in [0.05, 0.1) is 79.3 Å². The topological polar surface area (TPSA) is 169 Å². The Morgan fingerprint density at radius 2 is 1.26 bits per heavy atom. The molecule has 58 heavy (non-hydrogen) atoms. The van der Waals surface area contributed by atoms with Crippen LogP contribution in [0.25, 0.3) is 21.6 Å². The van der Waals surface area contributed by atoms with E-state index in [1.54, 1.807) is 16.7 Å². The van der Waals surface area contributed by atoms with Crippen molar-refractivity contribution in [1.82, 2.24) is 14.9 Å². The van der Waals surface area contributed by atoms with E-state index in [2.05, 4.69) is 58.3 Å². The molecule has 4 rings (SSSR count). The minimum Gasteiger partial charge on any atom is -0.455 e. The molecule has 3 aromatic rings. The molecular weight excluding hydrogens is 797 g/mol. The van der Waals surface area contributed by atoms with E-state index < -0.39 is 22.7 Å². The van der Waals surface area contributed by atoms with Gasteiger partial charge in [-0.25, -0.2) is 14.8 Å². The Balaban J connectivity index is 0.995. The average molecular weight is 857 g/mol. The lowest BCUT2D eigenvalue weighted by molar-refractivity contribution is -0.0174. The highest BCUT2D eigenvalue weighted by molar-refractivity contribution is 8.00. The molecule has 0 saturated carbocycles. The minimum absolute atomic E-state index is 0.314. The molecular formula is C40H60N6O9SSi2. The van der Waals surface area contributed by atoms with Gasteiger partial charge in [0.2, 0.25) is 0 Å². The second kappa shape index (κ2) is 26.0. The summed E-state index contributed by atoms with van der Waals surface area (Å²) in [6.07, 6.45) is 3.76. The fourth-order valence-electron chi connectivity index (χ4n) is 6.26. The molecule has 1 aliphatic carbocycles. The van der Waals surface area contributed by atoms with Gasteiger partial charge in [0, 0.05) is 59.5 Å². The average Bonchev–Trinajstić information content (AvgIpc) is 3.52. The van der Waals surface area contributed by atoms with E-state index in [-0.39, 0.29) is 6.09 Å². The summed E-state index contributed by atoms with van der Waals surface area (Å²) in [4.78, 5) is 26.6. The summed E-state index contributed by atoms with van der Waals surface area (Å²) in [5.74, 6) is 0. The molecule has 18 heteroatoms. The van der Waals surface area contributed by atoms with Crippen LogP contribution in [0.1, 0.15) is 29.2 Å². The molecule has 0 fully saturated rings. The van der Waals surface area contributed by atoms with Gasteiger partial charge in [-0.3, -0.25) is 0 Å². The van der Waals surface area contributed by atoms with Gasteiger partial charge in [0.1, 0.15) is 0 Å². The van der Waals surface area contributed by atoms with Crippen LogP contribution in [-0.2, 0) is 43.9 Å². The van der Waals surface area contributed by atoms with Gasteiger partial charge in [0.25, 0.3) is 0 Å². The lowest BCUT2D eigenvalue weighted by Crippen LogP contribution is -2.46. The highest BCUT2D eigenvalue weighted by Crippen LogP contribution is 2.45. The number of hydrogen-bond acceptors (Lipinski definition) is 13. The first-order valence-corrected chi connectivity index (χ1v) is 27.0. The number of azide groups is 1. The molecule has 1 heterocycles. The molecule has 0 aliphatic heterocycles. The van der Waals surface area contributed by atoms with Crippen molar-refractivity contribution in [2.45, 2.75) is 56.5 Å². The normalized spacial score (nSPS) is 12.6. The van der Waals surface area contributed by atoms with E-state index in [1.165, 1.54) is 0 Å². The van der Waals surface area contributed by atoms with Gasteiger partial charge in [-0.15, -0.1) is 0 Å². The zero-order valence-electron chi connectivity index (χ0n) is 34.6. The van der Waals surface area contributed by atoms with E-state index in [0.717, 1.165) is 50.8 Å². The number of nitrogens with zero attached hydrogens (tertiary/aromatic N) is 6. The van der Waals surface area contributed by atoms with Crippen LogP contribution >= 0.6 is 11.8 Å². The van der Waals surface area contributed by atoms with Crippen LogP contribution in [0, 0.1) is 0 Å². The van der Waals surface area contributed by atoms with Gasteiger partial charge in [-0.05, 0) is 55.3 Å². The SMILES string of the molecule is CN(CCC[Si](C)(C)O[Si](C)(C)CSc1ncc(COCCOCCOCCOCCOCCOCCN=[N+]=[N-])cn1)C(=O)OC1c2ccccc2-c2ccccc21. The van der Waals surface area contributed by atoms with Crippen molar-refractivity contribution in [2.24, 2.45) is 5.11 Å². The number of aromatic nitrogens is 2. The standard InChI is InChI=1S/C40H60N6O9SSi2/c1-46(40(47)54-38-36-13-8-6-11-34(36)35-12-7-9-14-37(35)38)16-10-28-57(2,3)55-58(4,5)32-56-39-42-29-33(30-43-39)31-53-27-26-52-25-24-51-23-22-50-21-20-49-19-18-48-17-15-44-45-41/h6-9,11-14,29-30,38H,10,15-28,31-32H2,1-5H3. The van der Waals surface area contributed by atoms with Crippen LogP contribution in [0.4, 0.5) is 4.79 Å². The summed E-state index contributed by atoms with van der Waals surface area (Å²) in [7, 11) is -2.20. The molecule has 0 unspecified atom stereocenters. The number of ether oxygens (including phenoxy) is 7. The van der Waals surface area contributed by atoms with Gasteiger partial charge < -0.3 is 42.2 Å². The van der Waals surface area contributed by atoms with Crippen molar-refractivity contribution < 1.29 is 42.1 Å². The van der Waals surface area contributed by atoms with Gasteiger partial charge in [-0.1, -0.05) is 65.4 Å². The molecule has 0 radical (unpaired) electrons. The maximum absolute atomic E-state index is 13.2. The van der Waals surface area contributed by atoms with Crippen LogP contribution in [0.5, 0.6) is 0 Å².